The van der Waals surface area contributed by atoms with Gasteiger partial charge in [-0.3, -0.25) is 9.97 Å². The van der Waals surface area contributed by atoms with Crippen LogP contribution in [0.2, 0.25) is 0 Å². The zero-order valence-corrected chi connectivity index (χ0v) is 7.44. The fourth-order valence-corrected chi connectivity index (χ4v) is 1.20. The quantitative estimate of drug-likeness (QED) is 0.737. The van der Waals surface area contributed by atoms with E-state index in [-0.39, 0.29) is 12.0 Å². The third-order valence-electron chi connectivity index (χ3n) is 1.78. The predicted molar refractivity (Wildman–Crippen MR) is 46.7 cm³/mol. The lowest BCUT2D eigenvalue weighted by Gasteiger charge is -2.11. The van der Waals surface area contributed by atoms with E-state index < -0.39 is 0 Å². The highest BCUT2D eigenvalue weighted by molar-refractivity contribution is 5.01. The van der Waals surface area contributed by atoms with Gasteiger partial charge in [0.25, 0.3) is 0 Å². The Morgan fingerprint density at radius 2 is 2.17 bits per heavy atom. The molecule has 1 aromatic rings. The molecule has 12 heavy (non-hydrogen) atoms. The number of aromatic nitrogens is 2. The second-order valence-corrected chi connectivity index (χ2v) is 3.12. The molecule has 0 bridgehead atoms. The van der Waals surface area contributed by atoms with Crippen molar-refractivity contribution >= 4 is 0 Å². The molecule has 0 saturated carbocycles. The Kier molecular flexibility index (Phi) is 3.17. The van der Waals surface area contributed by atoms with Crippen LogP contribution in [-0.2, 0) is 0 Å². The van der Waals surface area contributed by atoms with Crippen molar-refractivity contribution in [2.45, 2.75) is 32.3 Å². The van der Waals surface area contributed by atoms with Crippen molar-refractivity contribution in [2.24, 2.45) is 0 Å². The summed E-state index contributed by atoms with van der Waals surface area (Å²) in [5.41, 5.74) is 0.943. The zero-order chi connectivity index (χ0) is 8.97. The maximum atomic E-state index is 9.14. The highest BCUT2D eigenvalue weighted by atomic mass is 16.3. The van der Waals surface area contributed by atoms with E-state index >= 15 is 0 Å². The molecule has 0 aliphatic carbocycles. The number of nitrogens with zero attached hydrogens (tertiary/aromatic N) is 2. The van der Waals surface area contributed by atoms with Gasteiger partial charge in [0.2, 0.25) is 0 Å². The van der Waals surface area contributed by atoms with E-state index in [1.54, 1.807) is 25.5 Å². The molecule has 0 radical (unpaired) electrons. The maximum Gasteiger partial charge on any atom is 0.0615 e. The van der Waals surface area contributed by atoms with Crippen LogP contribution in [0, 0.1) is 0 Å². The van der Waals surface area contributed by atoms with Crippen LogP contribution in [0.15, 0.2) is 18.6 Å². The summed E-state index contributed by atoms with van der Waals surface area (Å²) in [4.78, 5) is 8.13. The van der Waals surface area contributed by atoms with Gasteiger partial charge in [0, 0.05) is 24.5 Å². The summed E-state index contributed by atoms with van der Waals surface area (Å²) in [6.45, 7) is 3.82. The first-order valence-corrected chi connectivity index (χ1v) is 4.14. The Morgan fingerprint density at radius 1 is 1.42 bits per heavy atom. The van der Waals surface area contributed by atoms with Crippen molar-refractivity contribution in [1.82, 2.24) is 9.97 Å². The average Bonchev–Trinajstić information content (AvgIpc) is 2.05. The van der Waals surface area contributed by atoms with Crippen LogP contribution in [0.4, 0.5) is 0 Å². The number of aliphatic hydroxyl groups is 1. The molecule has 2 unspecified atom stereocenters. The molecule has 3 nitrogen and oxygen atoms in total. The lowest BCUT2D eigenvalue weighted by atomic mass is 10.0. The molecular formula is C9H14N2O. The normalized spacial score (nSPS) is 15.6. The standard InChI is InChI=1S/C9H14N2O/c1-7(5-8(2)12)9-6-10-3-4-11-9/h3-4,6-8,12H,5H2,1-2H3. The second-order valence-electron chi connectivity index (χ2n) is 3.12. The van der Waals surface area contributed by atoms with E-state index in [2.05, 4.69) is 9.97 Å². The molecular weight excluding hydrogens is 152 g/mol. The van der Waals surface area contributed by atoms with Gasteiger partial charge in [-0.05, 0) is 13.3 Å². The van der Waals surface area contributed by atoms with E-state index in [9.17, 15) is 0 Å². The smallest absolute Gasteiger partial charge is 0.0615 e. The summed E-state index contributed by atoms with van der Waals surface area (Å²) in [7, 11) is 0. The van der Waals surface area contributed by atoms with E-state index in [1.165, 1.54) is 0 Å². The highest BCUT2D eigenvalue weighted by Gasteiger charge is 2.09. The summed E-state index contributed by atoms with van der Waals surface area (Å²) < 4.78 is 0. The van der Waals surface area contributed by atoms with Crippen molar-refractivity contribution in [3.05, 3.63) is 24.3 Å². The predicted octanol–water partition coefficient (Wildman–Crippen LogP) is 1.35. The van der Waals surface area contributed by atoms with Crippen LogP contribution in [0.3, 0.4) is 0 Å². The molecule has 0 fully saturated rings. The minimum atomic E-state index is -0.276. The second kappa shape index (κ2) is 4.16. The molecule has 0 aromatic carbocycles. The zero-order valence-electron chi connectivity index (χ0n) is 7.44. The van der Waals surface area contributed by atoms with Crippen molar-refractivity contribution in [1.29, 1.82) is 0 Å². The lowest BCUT2D eigenvalue weighted by Crippen LogP contribution is -2.07. The Morgan fingerprint density at radius 3 is 2.67 bits per heavy atom. The monoisotopic (exact) mass is 166 g/mol. The van der Waals surface area contributed by atoms with Gasteiger partial charge in [0.15, 0.2) is 0 Å². The van der Waals surface area contributed by atoms with E-state index in [4.69, 9.17) is 5.11 Å². The summed E-state index contributed by atoms with van der Waals surface area (Å²) in [6.07, 6.45) is 5.53. The van der Waals surface area contributed by atoms with Crippen LogP contribution in [-0.4, -0.2) is 21.2 Å². The van der Waals surface area contributed by atoms with E-state index in [0.717, 1.165) is 12.1 Å². The van der Waals surface area contributed by atoms with Crippen LogP contribution in [0.25, 0.3) is 0 Å². The van der Waals surface area contributed by atoms with Crippen molar-refractivity contribution in [3.63, 3.8) is 0 Å². The fourth-order valence-electron chi connectivity index (χ4n) is 1.20. The van der Waals surface area contributed by atoms with Crippen molar-refractivity contribution in [3.8, 4) is 0 Å². The Bertz CT molecular complexity index is 223. The summed E-state index contributed by atoms with van der Waals surface area (Å²) in [5, 5.41) is 9.14. The van der Waals surface area contributed by atoms with Gasteiger partial charge >= 0.3 is 0 Å². The third kappa shape index (κ3) is 2.58. The molecule has 1 aromatic heterocycles. The number of rotatable bonds is 3. The van der Waals surface area contributed by atoms with Gasteiger partial charge in [0.05, 0.1) is 11.8 Å². The average molecular weight is 166 g/mol. The topological polar surface area (TPSA) is 46.0 Å². The first-order chi connectivity index (χ1) is 5.70. The number of hydrogen-bond acceptors (Lipinski definition) is 3. The molecule has 0 saturated heterocycles. The van der Waals surface area contributed by atoms with Gasteiger partial charge in [0.1, 0.15) is 0 Å². The Labute approximate surface area is 72.5 Å². The third-order valence-corrected chi connectivity index (χ3v) is 1.78. The molecule has 0 aliphatic heterocycles. The Balaban J connectivity index is 2.59. The van der Waals surface area contributed by atoms with Gasteiger partial charge in [-0.2, -0.15) is 0 Å². The minimum Gasteiger partial charge on any atom is -0.393 e. The highest BCUT2D eigenvalue weighted by Crippen LogP contribution is 2.16. The Hall–Kier alpha value is -0.960. The number of aliphatic hydroxyl groups excluding tert-OH is 1. The van der Waals surface area contributed by atoms with Gasteiger partial charge < -0.3 is 5.11 Å². The molecule has 0 amide bonds. The largest absolute Gasteiger partial charge is 0.393 e. The number of hydrogen-bond donors (Lipinski definition) is 1. The minimum absolute atomic E-state index is 0.276. The van der Waals surface area contributed by atoms with Crippen LogP contribution >= 0.6 is 0 Å². The lowest BCUT2D eigenvalue weighted by molar-refractivity contribution is 0.176. The first-order valence-electron chi connectivity index (χ1n) is 4.14. The molecule has 1 N–H and O–H groups in total. The van der Waals surface area contributed by atoms with Gasteiger partial charge in [-0.1, -0.05) is 6.92 Å². The molecule has 66 valence electrons. The molecule has 1 rings (SSSR count). The molecule has 1 heterocycles. The first kappa shape index (κ1) is 9.13. The van der Waals surface area contributed by atoms with Crippen LogP contribution in [0.5, 0.6) is 0 Å². The molecule has 0 aliphatic rings. The van der Waals surface area contributed by atoms with Gasteiger partial charge in [-0.25, -0.2) is 0 Å². The van der Waals surface area contributed by atoms with Crippen molar-refractivity contribution in [2.75, 3.05) is 0 Å². The summed E-state index contributed by atoms with van der Waals surface area (Å²) >= 11 is 0. The summed E-state index contributed by atoms with van der Waals surface area (Å²) in [5.74, 6) is 0.277. The molecule has 0 spiro atoms. The van der Waals surface area contributed by atoms with Crippen LogP contribution < -0.4 is 0 Å². The van der Waals surface area contributed by atoms with Gasteiger partial charge in [-0.15, -0.1) is 0 Å². The maximum absolute atomic E-state index is 9.14. The molecule has 2 atom stereocenters. The summed E-state index contributed by atoms with van der Waals surface area (Å²) in [6, 6.07) is 0. The van der Waals surface area contributed by atoms with Crippen molar-refractivity contribution < 1.29 is 5.11 Å². The van der Waals surface area contributed by atoms with E-state index in [1.807, 2.05) is 6.92 Å². The molecule has 3 heteroatoms. The van der Waals surface area contributed by atoms with Crippen LogP contribution in [0.1, 0.15) is 31.9 Å². The fraction of sp³-hybridized carbons (Fsp3) is 0.556. The van der Waals surface area contributed by atoms with E-state index in [0.29, 0.717) is 0 Å². The SMILES string of the molecule is CC(O)CC(C)c1cnccn1.